The van der Waals surface area contributed by atoms with Crippen molar-refractivity contribution in [2.24, 2.45) is 0 Å². The lowest BCUT2D eigenvalue weighted by Crippen LogP contribution is -2.45. The summed E-state index contributed by atoms with van der Waals surface area (Å²) < 4.78 is 0. The number of amides is 3. The zero-order valence-electron chi connectivity index (χ0n) is 15.0. The number of urea groups is 1. The number of phenolic OH excluding ortho intramolecular Hbond substituents is 1. The van der Waals surface area contributed by atoms with Gasteiger partial charge in [-0.15, -0.1) is 0 Å². The number of aromatic hydroxyl groups is 1. The predicted molar refractivity (Wildman–Crippen MR) is 108 cm³/mol. The third-order valence-corrected chi connectivity index (χ3v) is 4.99. The zero-order chi connectivity index (χ0) is 19.7. The summed E-state index contributed by atoms with van der Waals surface area (Å²) in [5.41, 5.74) is 3.65. The Hall–Kier alpha value is -3.19. The van der Waals surface area contributed by atoms with E-state index in [2.05, 4.69) is 15.6 Å². The number of aromatic amines is 1. The number of halogens is 1. The summed E-state index contributed by atoms with van der Waals surface area (Å²) in [6, 6.07) is 11.7. The lowest BCUT2D eigenvalue weighted by Gasteiger charge is -2.27. The van der Waals surface area contributed by atoms with Gasteiger partial charge in [0.15, 0.2) is 0 Å². The minimum absolute atomic E-state index is 0.0607. The molecule has 1 aliphatic heterocycles. The number of phenols is 1. The SMILES string of the molecule is O=C(CNC(=O)N1CCc2c([nH]c3ccc(Cl)cc23)C1)Nc1cccc(O)c1. The molecule has 0 atom stereocenters. The van der Waals surface area contributed by atoms with E-state index in [4.69, 9.17) is 11.6 Å². The number of aromatic nitrogens is 1. The highest BCUT2D eigenvalue weighted by molar-refractivity contribution is 6.31. The third-order valence-electron chi connectivity index (χ3n) is 4.75. The van der Waals surface area contributed by atoms with Gasteiger partial charge in [0.2, 0.25) is 5.91 Å². The zero-order valence-corrected chi connectivity index (χ0v) is 15.7. The van der Waals surface area contributed by atoms with Crippen LogP contribution in [0.15, 0.2) is 42.5 Å². The van der Waals surface area contributed by atoms with Gasteiger partial charge in [0.05, 0.1) is 13.1 Å². The number of hydrogen-bond donors (Lipinski definition) is 4. The molecule has 0 bridgehead atoms. The largest absolute Gasteiger partial charge is 0.508 e. The van der Waals surface area contributed by atoms with Crippen LogP contribution in [0, 0.1) is 0 Å². The molecule has 8 heteroatoms. The average molecular weight is 399 g/mol. The van der Waals surface area contributed by atoms with Gasteiger partial charge in [0.25, 0.3) is 0 Å². The second kappa shape index (κ2) is 7.44. The Bertz CT molecular complexity index is 1060. The Kier molecular flexibility index (Phi) is 4.83. The molecular weight excluding hydrogens is 380 g/mol. The van der Waals surface area contributed by atoms with E-state index in [9.17, 15) is 14.7 Å². The van der Waals surface area contributed by atoms with E-state index in [-0.39, 0.29) is 24.2 Å². The summed E-state index contributed by atoms with van der Waals surface area (Å²) in [5, 5.41) is 16.5. The van der Waals surface area contributed by atoms with Crippen LogP contribution in [0.4, 0.5) is 10.5 Å². The molecule has 2 aromatic carbocycles. The molecule has 0 spiro atoms. The Morgan fingerprint density at radius 2 is 2.07 bits per heavy atom. The first-order chi connectivity index (χ1) is 13.5. The van der Waals surface area contributed by atoms with Crippen molar-refractivity contribution < 1.29 is 14.7 Å². The van der Waals surface area contributed by atoms with Gasteiger partial charge in [-0.1, -0.05) is 17.7 Å². The summed E-state index contributed by atoms with van der Waals surface area (Å²) in [4.78, 5) is 29.5. The quantitative estimate of drug-likeness (QED) is 0.545. The lowest BCUT2D eigenvalue weighted by molar-refractivity contribution is -0.115. The van der Waals surface area contributed by atoms with Gasteiger partial charge in [-0.2, -0.15) is 0 Å². The van der Waals surface area contributed by atoms with Crippen molar-refractivity contribution in [3.05, 3.63) is 58.7 Å². The van der Waals surface area contributed by atoms with Crippen LogP contribution in [0.1, 0.15) is 11.3 Å². The van der Waals surface area contributed by atoms with E-state index < -0.39 is 0 Å². The number of H-pyrrole nitrogens is 1. The average Bonchev–Trinajstić information content (AvgIpc) is 3.03. The van der Waals surface area contributed by atoms with Gasteiger partial charge in [-0.25, -0.2) is 4.79 Å². The number of anilines is 1. The molecule has 4 rings (SSSR count). The molecule has 0 saturated heterocycles. The van der Waals surface area contributed by atoms with Crippen molar-refractivity contribution in [2.45, 2.75) is 13.0 Å². The molecule has 4 N–H and O–H groups in total. The van der Waals surface area contributed by atoms with Crippen LogP contribution >= 0.6 is 11.6 Å². The topological polar surface area (TPSA) is 97.5 Å². The van der Waals surface area contributed by atoms with E-state index in [0.717, 1.165) is 23.0 Å². The highest BCUT2D eigenvalue weighted by Crippen LogP contribution is 2.29. The summed E-state index contributed by atoms with van der Waals surface area (Å²) in [6.07, 6.45) is 0.721. The summed E-state index contributed by atoms with van der Waals surface area (Å²) >= 11 is 6.09. The van der Waals surface area contributed by atoms with Crippen molar-refractivity contribution in [1.29, 1.82) is 0 Å². The fourth-order valence-electron chi connectivity index (χ4n) is 3.44. The van der Waals surface area contributed by atoms with Crippen LogP contribution in [0.25, 0.3) is 10.9 Å². The molecule has 144 valence electrons. The predicted octanol–water partition coefficient (Wildman–Crippen LogP) is 3.23. The molecule has 0 saturated carbocycles. The highest BCUT2D eigenvalue weighted by atomic mass is 35.5. The fraction of sp³-hybridized carbons (Fsp3) is 0.200. The Morgan fingerprint density at radius 3 is 2.89 bits per heavy atom. The summed E-state index contributed by atoms with van der Waals surface area (Å²) in [7, 11) is 0. The second-order valence-electron chi connectivity index (χ2n) is 6.70. The minimum atomic E-state index is -0.364. The molecule has 0 radical (unpaired) electrons. The van der Waals surface area contributed by atoms with E-state index in [0.29, 0.717) is 23.8 Å². The number of fused-ring (bicyclic) bond motifs is 3. The maximum Gasteiger partial charge on any atom is 0.318 e. The number of nitrogens with one attached hydrogen (secondary N) is 3. The smallest absolute Gasteiger partial charge is 0.318 e. The molecule has 1 aromatic heterocycles. The molecule has 28 heavy (non-hydrogen) atoms. The lowest BCUT2D eigenvalue weighted by atomic mass is 10.0. The first kappa shape index (κ1) is 18.2. The Balaban J connectivity index is 1.36. The van der Waals surface area contributed by atoms with E-state index >= 15 is 0 Å². The molecule has 3 aromatic rings. The number of carbonyl (C=O) groups is 2. The molecule has 0 aliphatic carbocycles. The highest BCUT2D eigenvalue weighted by Gasteiger charge is 2.24. The minimum Gasteiger partial charge on any atom is -0.508 e. The number of nitrogens with zero attached hydrogens (tertiary/aromatic N) is 1. The first-order valence-corrected chi connectivity index (χ1v) is 9.28. The van der Waals surface area contributed by atoms with Gasteiger partial charge >= 0.3 is 6.03 Å². The van der Waals surface area contributed by atoms with Crippen LogP contribution in [-0.2, 0) is 17.8 Å². The van der Waals surface area contributed by atoms with Crippen LogP contribution < -0.4 is 10.6 Å². The maximum absolute atomic E-state index is 12.4. The number of hydrogen-bond acceptors (Lipinski definition) is 3. The molecule has 2 heterocycles. The standard InChI is InChI=1S/C20H19ClN4O3/c21-12-4-5-17-16(8-12)15-6-7-25(11-18(15)24-17)20(28)22-10-19(27)23-13-2-1-3-14(26)9-13/h1-5,8-9,24,26H,6-7,10-11H2,(H,22,28)(H,23,27). The number of carbonyl (C=O) groups excluding carboxylic acids is 2. The maximum atomic E-state index is 12.4. The van der Waals surface area contributed by atoms with Gasteiger partial charge in [0, 0.05) is 39.9 Å². The molecular formula is C20H19ClN4O3. The Morgan fingerprint density at radius 1 is 1.21 bits per heavy atom. The molecule has 3 amide bonds. The number of benzene rings is 2. The van der Waals surface area contributed by atoms with Gasteiger partial charge in [-0.3, -0.25) is 4.79 Å². The fourth-order valence-corrected chi connectivity index (χ4v) is 3.61. The van der Waals surface area contributed by atoms with Crippen molar-refractivity contribution in [2.75, 3.05) is 18.4 Å². The molecule has 0 fully saturated rings. The second-order valence-corrected chi connectivity index (χ2v) is 7.14. The van der Waals surface area contributed by atoms with Gasteiger partial charge in [-0.05, 0) is 42.3 Å². The van der Waals surface area contributed by atoms with Crippen LogP contribution in [0.5, 0.6) is 5.75 Å². The Labute approximate surface area is 166 Å². The molecule has 1 aliphatic rings. The van der Waals surface area contributed by atoms with Crippen molar-refractivity contribution in [1.82, 2.24) is 15.2 Å². The molecule has 0 unspecified atom stereocenters. The van der Waals surface area contributed by atoms with E-state index in [1.807, 2.05) is 18.2 Å². The van der Waals surface area contributed by atoms with Crippen molar-refractivity contribution in [3.63, 3.8) is 0 Å². The summed E-state index contributed by atoms with van der Waals surface area (Å²) in [5.74, 6) is -0.303. The number of rotatable bonds is 3. The van der Waals surface area contributed by atoms with E-state index in [1.165, 1.54) is 17.7 Å². The van der Waals surface area contributed by atoms with Crippen LogP contribution in [-0.4, -0.2) is 40.0 Å². The van der Waals surface area contributed by atoms with Crippen molar-refractivity contribution in [3.8, 4) is 5.75 Å². The first-order valence-electron chi connectivity index (χ1n) is 8.90. The van der Waals surface area contributed by atoms with Gasteiger partial charge in [0.1, 0.15) is 5.75 Å². The van der Waals surface area contributed by atoms with Gasteiger partial charge < -0.3 is 25.6 Å². The van der Waals surface area contributed by atoms with Crippen LogP contribution in [0.3, 0.4) is 0 Å². The van der Waals surface area contributed by atoms with Crippen molar-refractivity contribution >= 4 is 40.1 Å². The monoisotopic (exact) mass is 398 g/mol. The normalized spacial score (nSPS) is 13.2. The van der Waals surface area contributed by atoms with E-state index in [1.54, 1.807) is 17.0 Å². The summed E-state index contributed by atoms with van der Waals surface area (Å²) in [6.45, 7) is 0.855. The molecule has 7 nitrogen and oxygen atoms in total. The van der Waals surface area contributed by atoms with Crippen LogP contribution in [0.2, 0.25) is 5.02 Å². The third kappa shape index (κ3) is 3.75.